The topological polar surface area (TPSA) is 70.6 Å². The molecule has 1 fully saturated rings. The van der Waals surface area contributed by atoms with Crippen molar-refractivity contribution in [2.75, 3.05) is 13.2 Å². The maximum absolute atomic E-state index is 11.2. The van der Waals surface area contributed by atoms with E-state index in [4.69, 9.17) is 9.47 Å². The van der Waals surface area contributed by atoms with Gasteiger partial charge in [-0.1, -0.05) is 30.3 Å². The van der Waals surface area contributed by atoms with E-state index in [9.17, 15) is 10.0 Å². The van der Waals surface area contributed by atoms with Crippen molar-refractivity contribution >= 4 is 5.91 Å². The van der Waals surface area contributed by atoms with E-state index in [0.29, 0.717) is 13.2 Å². The number of hydroxylamine groups is 1. The SMILES string of the molecule is O=C(CC1(c2ccccc2)OCCO1)N[O-]. The average molecular weight is 222 g/mol. The molecule has 16 heavy (non-hydrogen) atoms. The normalized spacial score (nSPS) is 18.3. The Balaban J connectivity index is 2.25. The molecule has 86 valence electrons. The van der Waals surface area contributed by atoms with Gasteiger partial charge in [-0.05, 0) is 0 Å². The number of carbonyl (C=O) groups excluding carboxylic acids is 1. The Kier molecular flexibility index (Phi) is 3.19. The molecule has 1 aromatic carbocycles. The summed E-state index contributed by atoms with van der Waals surface area (Å²) in [5.74, 6) is -1.75. The van der Waals surface area contributed by atoms with Gasteiger partial charge in [-0.25, -0.2) is 0 Å². The minimum absolute atomic E-state index is 0.124. The lowest BCUT2D eigenvalue weighted by Crippen LogP contribution is -2.34. The highest BCUT2D eigenvalue weighted by atomic mass is 16.7. The van der Waals surface area contributed by atoms with Crippen LogP contribution in [0.15, 0.2) is 30.3 Å². The zero-order valence-corrected chi connectivity index (χ0v) is 8.64. The molecule has 0 unspecified atom stereocenters. The van der Waals surface area contributed by atoms with Gasteiger partial charge in [-0.2, -0.15) is 0 Å². The van der Waals surface area contributed by atoms with Crippen molar-refractivity contribution in [3.8, 4) is 0 Å². The number of hydrogen-bond donors (Lipinski definition) is 1. The van der Waals surface area contributed by atoms with Crippen molar-refractivity contribution in [3.63, 3.8) is 0 Å². The highest BCUT2D eigenvalue weighted by Crippen LogP contribution is 2.34. The van der Waals surface area contributed by atoms with Crippen LogP contribution >= 0.6 is 0 Å². The molecule has 0 atom stereocenters. The van der Waals surface area contributed by atoms with E-state index < -0.39 is 11.7 Å². The minimum atomic E-state index is -1.10. The number of amides is 1. The lowest BCUT2D eigenvalue weighted by atomic mass is 10.0. The van der Waals surface area contributed by atoms with Crippen LogP contribution in [0.1, 0.15) is 12.0 Å². The smallest absolute Gasteiger partial charge is 0.215 e. The lowest BCUT2D eigenvalue weighted by molar-refractivity contribution is -0.176. The number of benzene rings is 1. The molecule has 5 heteroatoms. The Labute approximate surface area is 92.9 Å². The minimum Gasteiger partial charge on any atom is -0.759 e. The second kappa shape index (κ2) is 4.61. The van der Waals surface area contributed by atoms with Crippen molar-refractivity contribution in [2.45, 2.75) is 12.2 Å². The molecule has 1 aliphatic rings. The first-order valence-electron chi connectivity index (χ1n) is 5.01. The van der Waals surface area contributed by atoms with E-state index in [-0.39, 0.29) is 6.42 Å². The van der Waals surface area contributed by atoms with E-state index in [2.05, 4.69) is 0 Å². The molecule has 0 bridgehead atoms. The molecule has 1 N–H and O–H groups in total. The summed E-state index contributed by atoms with van der Waals surface area (Å²) in [6.45, 7) is 0.835. The van der Waals surface area contributed by atoms with E-state index in [1.807, 2.05) is 30.3 Å². The van der Waals surface area contributed by atoms with Crippen molar-refractivity contribution in [1.82, 2.24) is 5.48 Å². The van der Waals surface area contributed by atoms with Gasteiger partial charge in [-0.3, -0.25) is 4.79 Å². The van der Waals surface area contributed by atoms with Gasteiger partial charge in [0.1, 0.15) is 0 Å². The van der Waals surface area contributed by atoms with Crippen molar-refractivity contribution in [1.29, 1.82) is 0 Å². The summed E-state index contributed by atoms with van der Waals surface area (Å²) in [6, 6.07) is 9.14. The van der Waals surface area contributed by atoms with Crippen molar-refractivity contribution in [2.24, 2.45) is 0 Å². The summed E-state index contributed by atoms with van der Waals surface area (Å²) in [5.41, 5.74) is 2.08. The molecule has 0 saturated carbocycles. The molecule has 2 rings (SSSR count). The first-order chi connectivity index (χ1) is 7.77. The number of carbonyl (C=O) groups is 1. The summed E-state index contributed by atoms with van der Waals surface area (Å²) in [6.07, 6.45) is -0.124. The summed E-state index contributed by atoms with van der Waals surface area (Å²) in [4.78, 5) is 11.2. The van der Waals surface area contributed by atoms with Gasteiger partial charge >= 0.3 is 0 Å². The van der Waals surface area contributed by atoms with Crippen LogP contribution in [0, 0.1) is 5.21 Å². The predicted molar refractivity (Wildman–Crippen MR) is 56.2 cm³/mol. The molecular weight excluding hydrogens is 210 g/mol. The predicted octanol–water partition coefficient (Wildman–Crippen LogP) is 0.890. The summed E-state index contributed by atoms with van der Waals surface area (Å²) < 4.78 is 11.0. The van der Waals surface area contributed by atoms with Gasteiger partial charge in [-0.15, -0.1) is 0 Å². The van der Waals surface area contributed by atoms with Crippen LogP contribution < -0.4 is 5.48 Å². The second-order valence-corrected chi connectivity index (χ2v) is 3.52. The molecule has 0 radical (unpaired) electrons. The second-order valence-electron chi connectivity index (χ2n) is 3.52. The van der Waals surface area contributed by atoms with E-state index in [1.165, 1.54) is 5.48 Å². The third-order valence-electron chi connectivity index (χ3n) is 2.47. The highest BCUT2D eigenvalue weighted by molar-refractivity contribution is 5.77. The molecule has 1 aromatic rings. The molecule has 1 amide bonds. The van der Waals surface area contributed by atoms with E-state index >= 15 is 0 Å². The van der Waals surface area contributed by atoms with Crippen molar-refractivity contribution in [3.05, 3.63) is 41.1 Å². The maximum atomic E-state index is 11.2. The summed E-state index contributed by atoms with van der Waals surface area (Å²) >= 11 is 0. The molecule has 0 aromatic heterocycles. The van der Waals surface area contributed by atoms with Crippen LogP contribution in [0.25, 0.3) is 0 Å². The molecule has 1 saturated heterocycles. The molecule has 5 nitrogen and oxygen atoms in total. The van der Waals surface area contributed by atoms with Gasteiger partial charge in [0.2, 0.25) is 11.7 Å². The number of rotatable bonds is 3. The standard InChI is InChI=1S/C11H12NO4/c13-10(12-14)8-11(15-6-7-16-11)9-4-2-1-3-5-9/h1-5H,6-8H2,(H-,12,13,14)/q-1. The van der Waals surface area contributed by atoms with Crippen LogP contribution in [-0.2, 0) is 20.1 Å². The fourth-order valence-electron chi connectivity index (χ4n) is 1.77. The number of ether oxygens (including phenoxy) is 2. The largest absolute Gasteiger partial charge is 0.759 e. The van der Waals surface area contributed by atoms with Crippen molar-refractivity contribution < 1.29 is 14.3 Å². The van der Waals surface area contributed by atoms with E-state index in [1.54, 1.807) is 0 Å². The maximum Gasteiger partial charge on any atom is 0.215 e. The Morgan fingerprint density at radius 3 is 2.50 bits per heavy atom. The van der Waals surface area contributed by atoms with Crippen LogP contribution in [0.4, 0.5) is 0 Å². The summed E-state index contributed by atoms with van der Waals surface area (Å²) in [7, 11) is 0. The quantitative estimate of drug-likeness (QED) is 0.771. The lowest BCUT2D eigenvalue weighted by Gasteiger charge is -2.27. The third kappa shape index (κ3) is 2.06. The van der Waals surface area contributed by atoms with Gasteiger partial charge in [0.25, 0.3) is 0 Å². The van der Waals surface area contributed by atoms with Gasteiger partial charge < -0.3 is 20.2 Å². The Morgan fingerprint density at radius 2 is 1.94 bits per heavy atom. The summed E-state index contributed by atoms with van der Waals surface area (Å²) in [5, 5.41) is 10.3. The van der Waals surface area contributed by atoms with Crippen LogP contribution in [0.3, 0.4) is 0 Å². The fourth-order valence-corrected chi connectivity index (χ4v) is 1.77. The average Bonchev–Trinajstić information content (AvgIpc) is 2.80. The number of nitrogens with one attached hydrogen (secondary N) is 1. The Bertz CT molecular complexity index is 360. The number of hydrogen-bond acceptors (Lipinski definition) is 4. The monoisotopic (exact) mass is 222 g/mol. The van der Waals surface area contributed by atoms with Crippen LogP contribution in [-0.4, -0.2) is 19.1 Å². The highest BCUT2D eigenvalue weighted by Gasteiger charge is 2.40. The zero-order valence-electron chi connectivity index (χ0n) is 8.64. The zero-order chi connectivity index (χ0) is 11.4. The van der Waals surface area contributed by atoms with E-state index in [0.717, 1.165) is 5.56 Å². The van der Waals surface area contributed by atoms with Gasteiger partial charge in [0.15, 0.2) is 0 Å². The fraction of sp³-hybridized carbons (Fsp3) is 0.364. The van der Waals surface area contributed by atoms with Crippen LogP contribution in [0.2, 0.25) is 0 Å². The molecule has 0 spiro atoms. The Morgan fingerprint density at radius 1 is 1.31 bits per heavy atom. The first kappa shape index (κ1) is 11.1. The Hall–Kier alpha value is -1.43. The van der Waals surface area contributed by atoms with Gasteiger partial charge in [0, 0.05) is 5.56 Å². The molecule has 0 aliphatic carbocycles. The van der Waals surface area contributed by atoms with Crippen LogP contribution in [0.5, 0.6) is 0 Å². The first-order valence-corrected chi connectivity index (χ1v) is 5.01. The third-order valence-corrected chi connectivity index (χ3v) is 2.47. The molecule has 1 heterocycles. The van der Waals surface area contributed by atoms with Gasteiger partial charge in [0.05, 0.1) is 19.6 Å². The molecular formula is C11H12NO4-. The molecule has 1 aliphatic heterocycles.